The summed E-state index contributed by atoms with van der Waals surface area (Å²) in [6, 6.07) is 4.18. The summed E-state index contributed by atoms with van der Waals surface area (Å²) in [5.41, 5.74) is 0. The number of hydrogen-bond donors (Lipinski definition) is 2. The molecule has 106 valence electrons. The molecular formula is C14H23N3OS. The van der Waals surface area contributed by atoms with E-state index in [4.69, 9.17) is 4.74 Å². The van der Waals surface area contributed by atoms with Crippen LogP contribution in [0.25, 0.3) is 0 Å². The minimum Gasteiger partial charge on any atom is -0.378 e. The zero-order valence-electron chi connectivity index (χ0n) is 11.5. The first-order valence-electron chi connectivity index (χ1n) is 7.04. The Hall–Kier alpha value is -1.07. The van der Waals surface area contributed by atoms with Gasteiger partial charge in [0.05, 0.1) is 12.6 Å². The van der Waals surface area contributed by atoms with E-state index in [2.05, 4.69) is 40.1 Å². The van der Waals surface area contributed by atoms with Crippen molar-refractivity contribution in [1.82, 2.24) is 10.6 Å². The number of hydrogen-bond acceptors (Lipinski definition) is 3. The van der Waals surface area contributed by atoms with Crippen molar-refractivity contribution in [2.24, 2.45) is 4.99 Å². The predicted octanol–water partition coefficient (Wildman–Crippen LogP) is 2.37. The fraction of sp³-hybridized carbons (Fsp3) is 0.643. The molecule has 0 radical (unpaired) electrons. The van der Waals surface area contributed by atoms with Crippen molar-refractivity contribution in [3.05, 3.63) is 22.4 Å². The molecule has 2 heterocycles. The third-order valence-corrected chi connectivity index (χ3v) is 3.96. The minimum absolute atomic E-state index is 0.438. The van der Waals surface area contributed by atoms with E-state index in [1.807, 2.05) is 0 Å². The van der Waals surface area contributed by atoms with Crippen LogP contribution in [0.15, 0.2) is 22.5 Å². The van der Waals surface area contributed by atoms with Gasteiger partial charge in [0.15, 0.2) is 5.96 Å². The lowest BCUT2D eigenvalue weighted by molar-refractivity contribution is 0.105. The van der Waals surface area contributed by atoms with Crippen LogP contribution in [0.1, 0.15) is 31.1 Å². The second-order valence-electron chi connectivity index (χ2n) is 4.63. The normalized spacial score (nSPS) is 19.6. The molecule has 1 fully saturated rings. The van der Waals surface area contributed by atoms with Crippen LogP contribution in [-0.2, 0) is 11.3 Å². The van der Waals surface area contributed by atoms with E-state index in [0.717, 1.165) is 38.6 Å². The zero-order valence-corrected chi connectivity index (χ0v) is 12.3. The SMILES string of the molecule is CCNC(=NCc1cccs1)NCCC1CCCO1. The Morgan fingerprint density at radius 3 is 3.16 bits per heavy atom. The molecule has 0 aromatic carbocycles. The highest BCUT2D eigenvalue weighted by atomic mass is 32.1. The molecule has 0 aliphatic carbocycles. The molecule has 1 aromatic heterocycles. The fourth-order valence-electron chi connectivity index (χ4n) is 2.12. The van der Waals surface area contributed by atoms with Crippen LogP contribution in [0.5, 0.6) is 0 Å². The lowest BCUT2D eigenvalue weighted by atomic mass is 10.2. The summed E-state index contributed by atoms with van der Waals surface area (Å²) in [7, 11) is 0. The highest BCUT2D eigenvalue weighted by Crippen LogP contribution is 2.14. The molecule has 0 spiro atoms. The molecule has 4 nitrogen and oxygen atoms in total. The van der Waals surface area contributed by atoms with Crippen LogP contribution in [0.3, 0.4) is 0 Å². The number of rotatable bonds is 6. The third kappa shape index (κ3) is 5.20. The maximum atomic E-state index is 5.61. The molecule has 0 saturated carbocycles. The van der Waals surface area contributed by atoms with Gasteiger partial charge < -0.3 is 15.4 Å². The van der Waals surface area contributed by atoms with E-state index in [-0.39, 0.29) is 0 Å². The van der Waals surface area contributed by atoms with Crippen molar-refractivity contribution in [3.63, 3.8) is 0 Å². The highest BCUT2D eigenvalue weighted by molar-refractivity contribution is 7.09. The maximum Gasteiger partial charge on any atom is 0.191 e. The first-order valence-corrected chi connectivity index (χ1v) is 7.92. The molecule has 19 heavy (non-hydrogen) atoms. The number of aliphatic imine (C=N–C) groups is 1. The standard InChI is InChI=1S/C14H23N3OS/c1-2-15-14(17-11-13-6-4-10-19-13)16-8-7-12-5-3-9-18-12/h4,6,10,12H,2-3,5,7-9,11H2,1H3,(H2,15,16,17). The van der Waals surface area contributed by atoms with E-state index in [0.29, 0.717) is 6.10 Å². The van der Waals surface area contributed by atoms with Gasteiger partial charge in [0, 0.05) is 24.6 Å². The Morgan fingerprint density at radius 2 is 2.47 bits per heavy atom. The summed E-state index contributed by atoms with van der Waals surface area (Å²) in [5, 5.41) is 8.73. The third-order valence-electron chi connectivity index (χ3n) is 3.10. The molecule has 1 aliphatic heterocycles. The van der Waals surface area contributed by atoms with E-state index < -0.39 is 0 Å². The number of guanidine groups is 1. The van der Waals surface area contributed by atoms with E-state index >= 15 is 0 Å². The monoisotopic (exact) mass is 281 g/mol. The van der Waals surface area contributed by atoms with Crippen molar-refractivity contribution in [1.29, 1.82) is 0 Å². The fourth-order valence-corrected chi connectivity index (χ4v) is 2.75. The molecule has 1 unspecified atom stereocenters. The maximum absolute atomic E-state index is 5.61. The molecule has 2 N–H and O–H groups in total. The molecule has 1 atom stereocenters. The van der Waals surface area contributed by atoms with Gasteiger partial charge in [0.2, 0.25) is 0 Å². The van der Waals surface area contributed by atoms with Crippen molar-refractivity contribution < 1.29 is 4.74 Å². The van der Waals surface area contributed by atoms with Gasteiger partial charge in [-0.25, -0.2) is 4.99 Å². The average Bonchev–Trinajstić information content (AvgIpc) is 3.09. The Bertz CT molecular complexity index is 372. The zero-order chi connectivity index (χ0) is 13.3. The van der Waals surface area contributed by atoms with Crippen molar-refractivity contribution in [2.45, 2.75) is 38.8 Å². The van der Waals surface area contributed by atoms with E-state index in [1.54, 1.807) is 11.3 Å². The lowest BCUT2D eigenvalue weighted by Crippen LogP contribution is -2.38. The summed E-state index contributed by atoms with van der Waals surface area (Å²) >= 11 is 1.74. The van der Waals surface area contributed by atoms with Crippen LogP contribution >= 0.6 is 11.3 Å². The summed E-state index contributed by atoms with van der Waals surface area (Å²) in [6.07, 6.45) is 3.90. The second kappa shape index (κ2) is 8.17. The van der Waals surface area contributed by atoms with Crippen LogP contribution in [0.2, 0.25) is 0 Å². The molecule has 0 amide bonds. The molecule has 1 aromatic rings. The van der Waals surface area contributed by atoms with Crippen LogP contribution in [0.4, 0.5) is 0 Å². The molecular weight excluding hydrogens is 258 g/mol. The van der Waals surface area contributed by atoms with Crippen LogP contribution < -0.4 is 10.6 Å². The summed E-state index contributed by atoms with van der Waals surface area (Å²) in [5.74, 6) is 0.897. The minimum atomic E-state index is 0.438. The van der Waals surface area contributed by atoms with Gasteiger partial charge in [-0.1, -0.05) is 6.07 Å². The molecule has 0 bridgehead atoms. The van der Waals surface area contributed by atoms with Crippen molar-refractivity contribution in [3.8, 4) is 0 Å². The quantitative estimate of drug-likeness (QED) is 0.621. The summed E-state index contributed by atoms with van der Waals surface area (Å²) in [6.45, 7) is 5.56. The van der Waals surface area contributed by atoms with Crippen molar-refractivity contribution in [2.75, 3.05) is 19.7 Å². The Morgan fingerprint density at radius 1 is 1.53 bits per heavy atom. The van der Waals surface area contributed by atoms with Gasteiger partial charge in [-0.15, -0.1) is 11.3 Å². The van der Waals surface area contributed by atoms with Crippen LogP contribution in [-0.4, -0.2) is 31.8 Å². The number of ether oxygens (including phenoxy) is 1. The van der Waals surface area contributed by atoms with Gasteiger partial charge in [-0.2, -0.15) is 0 Å². The Kier molecular flexibility index (Phi) is 6.17. The first kappa shape index (κ1) is 14.3. The molecule has 2 rings (SSSR count). The number of nitrogens with zero attached hydrogens (tertiary/aromatic N) is 1. The highest BCUT2D eigenvalue weighted by Gasteiger charge is 2.14. The van der Waals surface area contributed by atoms with Gasteiger partial charge in [0.1, 0.15) is 0 Å². The number of nitrogens with one attached hydrogen (secondary N) is 2. The smallest absolute Gasteiger partial charge is 0.191 e. The van der Waals surface area contributed by atoms with Gasteiger partial charge >= 0.3 is 0 Å². The molecule has 1 saturated heterocycles. The second-order valence-corrected chi connectivity index (χ2v) is 5.66. The molecule has 1 aliphatic rings. The number of thiophene rings is 1. The van der Waals surface area contributed by atoms with Crippen molar-refractivity contribution >= 4 is 17.3 Å². The molecule has 5 heteroatoms. The Balaban J connectivity index is 1.73. The summed E-state index contributed by atoms with van der Waals surface area (Å²) < 4.78 is 5.61. The lowest BCUT2D eigenvalue weighted by Gasteiger charge is -2.13. The van der Waals surface area contributed by atoms with E-state index in [9.17, 15) is 0 Å². The van der Waals surface area contributed by atoms with Gasteiger partial charge in [-0.05, 0) is 37.6 Å². The topological polar surface area (TPSA) is 45.7 Å². The average molecular weight is 281 g/mol. The first-order chi connectivity index (χ1) is 9.38. The predicted molar refractivity (Wildman–Crippen MR) is 80.7 cm³/mol. The van der Waals surface area contributed by atoms with Gasteiger partial charge in [-0.3, -0.25) is 0 Å². The van der Waals surface area contributed by atoms with Crippen LogP contribution in [0, 0.1) is 0 Å². The largest absolute Gasteiger partial charge is 0.378 e. The van der Waals surface area contributed by atoms with E-state index in [1.165, 1.54) is 17.7 Å². The van der Waals surface area contributed by atoms with Gasteiger partial charge in [0.25, 0.3) is 0 Å². The summed E-state index contributed by atoms with van der Waals surface area (Å²) in [4.78, 5) is 5.87. The Labute approximate surface area is 119 Å².